The van der Waals surface area contributed by atoms with Crippen molar-refractivity contribution in [3.05, 3.63) is 48.0 Å². The highest BCUT2D eigenvalue weighted by Crippen LogP contribution is 2.39. The van der Waals surface area contributed by atoms with Crippen molar-refractivity contribution in [2.75, 3.05) is 0 Å². The molecule has 0 radical (unpaired) electrons. The number of aryl methyl sites for hydroxylation is 1. The van der Waals surface area contributed by atoms with E-state index >= 15 is 0 Å². The largest absolute Gasteiger partial charge is 0.449 e. The van der Waals surface area contributed by atoms with Crippen molar-refractivity contribution in [1.82, 2.24) is 0 Å². The average molecular weight is 272 g/mol. The fourth-order valence-electron chi connectivity index (χ4n) is 2.67. The third-order valence-corrected chi connectivity index (χ3v) is 3.93. The summed E-state index contributed by atoms with van der Waals surface area (Å²) in [4.78, 5) is 12.3. The number of benzene rings is 1. The summed E-state index contributed by atoms with van der Waals surface area (Å²) in [5.74, 6) is -0.172. The summed E-state index contributed by atoms with van der Waals surface area (Å²) in [6.45, 7) is 9.61. The Morgan fingerprint density at radius 1 is 1.30 bits per heavy atom. The number of ether oxygens (including phenoxy) is 1. The fourth-order valence-corrected chi connectivity index (χ4v) is 2.67. The SMILES string of the molecule is C=CC1(OC(=O)C(C)(C)C)CCCCc2ccccc21. The van der Waals surface area contributed by atoms with Crippen LogP contribution in [0.4, 0.5) is 0 Å². The first kappa shape index (κ1) is 14.8. The van der Waals surface area contributed by atoms with Crippen LogP contribution in [0.25, 0.3) is 0 Å². The van der Waals surface area contributed by atoms with Crippen LogP contribution in [0.1, 0.15) is 51.2 Å². The minimum atomic E-state index is -0.669. The second kappa shape index (κ2) is 5.43. The quantitative estimate of drug-likeness (QED) is 0.453. The molecule has 1 aliphatic carbocycles. The first-order valence-corrected chi connectivity index (χ1v) is 7.34. The molecule has 2 rings (SSSR count). The molecule has 0 saturated heterocycles. The second-order valence-corrected chi connectivity index (χ2v) is 6.60. The van der Waals surface area contributed by atoms with Gasteiger partial charge in [-0.15, -0.1) is 0 Å². The van der Waals surface area contributed by atoms with Gasteiger partial charge in [0, 0.05) is 5.56 Å². The van der Waals surface area contributed by atoms with E-state index in [1.807, 2.05) is 32.9 Å². The van der Waals surface area contributed by atoms with Crippen LogP contribution in [0, 0.1) is 5.41 Å². The monoisotopic (exact) mass is 272 g/mol. The van der Waals surface area contributed by atoms with Crippen molar-refractivity contribution in [3.63, 3.8) is 0 Å². The molecule has 108 valence electrons. The van der Waals surface area contributed by atoms with Gasteiger partial charge in [-0.25, -0.2) is 0 Å². The van der Waals surface area contributed by atoms with Crippen LogP contribution in [0.2, 0.25) is 0 Å². The highest BCUT2D eigenvalue weighted by molar-refractivity contribution is 5.76. The Labute approximate surface area is 121 Å². The van der Waals surface area contributed by atoms with Crippen molar-refractivity contribution in [3.8, 4) is 0 Å². The third-order valence-electron chi connectivity index (χ3n) is 3.93. The Kier molecular flexibility index (Phi) is 4.03. The smallest absolute Gasteiger partial charge is 0.312 e. The van der Waals surface area contributed by atoms with Gasteiger partial charge in [-0.05, 0) is 58.1 Å². The molecule has 0 heterocycles. The minimum Gasteiger partial charge on any atom is -0.449 e. The lowest BCUT2D eigenvalue weighted by Crippen LogP contribution is -2.35. The van der Waals surface area contributed by atoms with Crippen molar-refractivity contribution in [2.45, 2.75) is 52.1 Å². The van der Waals surface area contributed by atoms with Gasteiger partial charge in [0.1, 0.15) is 0 Å². The normalized spacial score (nSPS) is 22.6. The summed E-state index contributed by atoms with van der Waals surface area (Å²) in [7, 11) is 0. The minimum absolute atomic E-state index is 0.172. The van der Waals surface area contributed by atoms with Gasteiger partial charge in [-0.1, -0.05) is 30.8 Å². The Hall–Kier alpha value is -1.57. The van der Waals surface area contributed by atoms with E-state index in [0.29, 0.717) is 0 Å². The summed E-state index contributed by atoms with van der Waals surface area (Å²) < 4.78 is 5.94. The first-order valence-electron chi connectivity index (χ1n) is 7.34. The molecule has 0 spiro atoms. The maximum absolute atomic E-state index is 12.3. The highest BCUT2D eigenvalue weighted by atomic mass is 16.6. The van der Waals surface area contributed by atoms with E-state index in [1.165, 1.54) is 5.56 Å². The summed E-state index contributed by atoms with van der Waals surface area (Å²) in [6.07, 6.45) is 5.83. The maximum Gasteiger partial charge on any atom is 0.312 e. The molecule has 0 bridgehead atoms. The van der Waals surface area contributed by atoms with Crippen molar-refractivity contribution >= 4 is 5.97 Å². The molecule has 0 N–H and O–H groups in total. The number of rotatable bonds is 2. The Bertz CT molecular complexity index is 510. The van der Waals surface area contributed by atoms with Crippen molar-refractivity contribution in [2.24, 2.45) is 5.41 Å². The van der Waals surface area contributed by atoms with Gasteiger partial charge in [-0.2, -0.15) is 0 Å². The van der Waals surface area contributed by atoms with Gasteiger partial charge in [0.15, 0.2) is 5.60 Å². The number of fused-ring (bicyclic) bond motifs is 1. The molecule has 1 atom stereocenters. The van der Waals surface area contributed by atoms with Crippen molar-refractivity contribution in [1.29, 1.82) is 0 Å². The van der Waals surface area contributed by atoms with Crippen LogP contribution in [-0.4, -0.2) is 5.97 Å². The van der Waals surface area contributed by atoms with Gasteiger partial charge in [-0.3, -0.25) is 4.79 Å². The number of hydrogen-bond acceptors (Lipinski definition) is 2. The number of carbonyl (C=O) groups is 1. The van der Waals surface area contributed by atoms with E-state index in [2.05, 4.69) is 18.7 Å². The van der Waals surface area contributed by atoms with Crippen LogP contribution >= 0.6 is 0 Å². The van der Waals surface area contributed by atoms with Crippen molar-refractivity contribution < 1.29 is 9.53 Å². The Morgan fingerprint density at radius 2 is 2.00 bits per heavy atom. The van der Waals surface area contributed by atoms with Crippen LogP contribution in [0.3, 0.4) is 0 Å². The molecule has 2 heteroatoms. The van der Waals surface area contributed by atoms with Gasteiger partial charge in [0.25, 0.3) is 0 Å². The van der Waals surface area contributed by atoms with E-state index in [1.54, 1.807) is 6.08 Å². The topological polar surface area (TPSA) is 26.3 Å². The molecule has 0 saturated carbocycles. The zero-order valence-electron chi connectivity index (χ0n) is 12.7. The van der Waals surface area contributed by atoms with Gasteiger partial charge >= 0.3 is 5.97 Å². The van der Waals surface area contributed by atoms with Crippen LogP contribution in [0.5, 0.6) is 0 Å². The van der Waals surface area contributed by atoms with Gasteiger partial charge < -0.3 is 4.74 Å². The first-order chi connectivity index (χ1) is 9.39. The van der Waals surface area contributed by atoms with Crippen LogP contribution < -0.4 is 0 Å². The van der Waals surface area contributed by atoms with Crippen LogP contribution in [-0.2, 0) is 21.6 Å². The highest BCUT2D eigenvalue weighted by Gasteiger charge is 2.38. The second-order valence-electron chi connectivity index (χ2n) is 6.60. The maximum atomic E-state index is 12.3. The predicted octanol–water partition coefficient (Wildman–Crippen LogP) is 4.38. The van der Waals surface area contributed by atoms with E-state index < -0.39 is 11.0 Å². The fraction of sp³-hybridized carbons (Fsp3) is 0.500. The lowest BCUT2D eigenvalue weighted by molar-refractivity contribution is -0.166. The van der Waals surface area contributed by atoms with Gasteiger partial charge in [0.05, 0.1) is 5.41 Å². The molecule has 1 unspecified atom stereocenters. The molecule has 20 heavy (non-hydrogen) atoms. The van der Waals surface area contributed by atoms with Gasteiger partial charge in [0.2, 0.25) is 0 Å². The number of carbonyl (C=O) groups excluding carboxylic acids is 1. The Balaban J connectivity index is 2.44. The summed E-state index contributed by atoms with van der Waals surface area (Å²) in [5, 5.41) is 0. The van der Waals surface area contributed by atoms with Crippen LogP contribution in [0.15, 0.2) is 36.9 Å². The molecule has 0 aliphatic heterocycles. The van der Waals surface area contributed by atoms with E-state index in [-0.39, 0.29) is 5.97 Å². The molecule has 1 aromatic rings. The summed E-state index contributed by atoms with van der Waals surface area (Å²) in [5.41, 5.74) is 1.20. The molecular formula is C18H24O2. The predicted molar refractivity (Wildman–Crippen MR) is 81.4 cm³/mol. The van der Waals surface area contributed by atoms with E-state index in [4.69, 9.17) is 4.74 Å². The molecule has 0 aromatic heterocycles. The summed E-state index contributed by atoms with van der Waals surface area (Å²) in [6, 6.07) is 8.25. The lowest BCUT2D eigenvalue weighted by Gasteiger charge is -2.34. The molecule has 1 aliphatic rings. The third kappa shape index (κ3) is 2.79. The molecule has 1 aromatic carbocycles. The molecular weight excluding hydrogens is 248 g/mol. The molecule has 0 fully saturated rings. The average Bonchev–Trinajstić information content (AvgIpc) is 2.58. The zero-order chi connectivity index (χ0) is 14.8. The zero-order valence-corrected chi connectivity index (χ0v) is 12.7. The molecule has 2 nitrogen and oxygen atoms in total. The standard InChI is InChI=1S/C18H24O2/c1-5-18(20-16(19)17(2,3)4)13-9-8-11-14-10-6-7-12-15(14)18/h5-7,10,12H,1,8-9,11,13H2,2-4H3. The number of hydrogen-bond donors (Lipinski definition) is 0. The lowest BCUT2D eigenvalue weighted by atomic mass is 9.87. The molecule has 0 amide bonds. The summed E-state index contributed by atoms with van der Waals surface area (Å²) >= 11 is 0. The van der Waals surface area contributed by atoms with E-state index in [9.17, 15) is 4.79 Å². The van der Waals surface area contributed by atoms with E-state index in [0.717, 1.165) is 31.2 Å². The Morgan fingerprint density at radius 3 is 2.65 bits per heavy atom. The number of esters is 1.